The van der Waals surface area contributed by atoms with E-state index in [0.29, 0.717) is 11.8 Å². The van der Waals surface area contributed by atoms with Gasteiger partial charge >= 0.3 is 0 Å². The molecule has 5 rings (SSSR count). The molecule has 0 amide bonds. The molecule has 126 valence electrons. The van der Waals surface area contributed by atoms with Crippen LogP contribution in [-0.4, -0.2) is 31.1 Å². The second-order valence-corrected chi connectivity index (χ2v) is 8.15. The molecule has 22 heavy (non-hydrogen) atoms. The summed E-state index contributed by atoms with van der Waals surface area (Å²) in [7, 11) is 1.71. The van der Waals surface area contributed by atoms with Gasteiger partial charge in [-0.3, -0.25) is 0 Å². The third-order valence-corrected chi connectivity index (χ3v) is 7.12. The molecule has 4 aliphatic heterocycles. The van der Waals surface area contributed by atoms with E-state index >= 15 is 0 Å². The Balaban J connectivity index is 1.86. The molecule has 1 aliphatic carbocycles. The van der Waals surface area contributed by atoms with E-state index in [-0.39, 0.29) is 17.6 Å². The first-order valence-electron chi connectivity index (χ1n) is 8.59. The number of methoxy groups -OCH3 is 1. The summed E-state index contributed by atoms with van der Waals surface area (Å²) in [5.41, 5.74) is -0.617. The van der Waals surface area contributed by atoms with Crippen molar-refractivity contribution >= 4 is 0 Å². The van der Waals surface area contributed by atoms with Crippen LogP contribution in [0.3, 0.4) is 0 Å². The molecule has 0 N–H and O–H groups in total. The molecule has 5 nitrogen and oxygen atoms in total. The van der Waals surface area contributed by atoms with Crippen molar-refractivity contribution in [1.29, 1.82) is 0 Å². The van der Waals surface area contributed by atoms with Gasteiger partial charge in [0, 0.05) is 24.9 Å². The Kier molecular flexibility index (Phi) is 3.25. The van der Waals surface area contributed by atoms with Crippen LogP contribution in [0.1, 0.15) is 53.4 Å². The topological polar surface area (TPSA) is 46.2 Å². The molecule has 0 radical (unpaired) electrons. The predicted octanol–water partition coefficient (Wildman–Crippen LogP) is 3.23. The largest absolute Gasteiger partial charge is 0.355 e. The van der Waals surface area contributed by atoms with Crippen LogP contribution in [-0.2, 0) is 24.0 Å². The normalized spacial score (nSPS) is 60.7. The Bertz CT molecular complexity index is 470. The maximum absolute atomic E-state index is 6.27. The summed E-state index contributed by atoms with van der Waals surface area (Å²) in [6.07, 6.45) is 3.49. The van der Waals surface area contributed by atoms with Crippen molar-refractivity contribution < 1.29 is 24.0 Å². The van der Waals surface area contributed by atoms with Crippen LogP contribution >= 0.6 is 0 Å². The lowest BCUT2D eigenvalue weighted by molar-refractivity contribution is -0.587. The molecule has 2 bridgehead atoms. The first-order chi connectivity index (χ1) is 10.4. The molecule has 4 saturated heterocycles. The van der Waals surface area contributed by atoms with E-state index in [2.05, 4.69) is 20.8 Å². The van der Waals surface area contributed by atoms with Gasteiger partial charge < -0.3 is 14.2 Å². The predicted molar refractivity (Wildman–Crippen MR) is 78.5 cm³/mol. The summed E-state index contributed by atoms with van der Waals surface area (Å²) in [6.45, 7) is 8.78. The fourth-order valence-electron chi connectivity index (χ4n) is 5.43. The van der Waals surface area contributed by atoms with Crippen LogP contribution in [0.15, 0.2) is 0 Å². The zero-order valence-corrected chi connectivity index (χ0v) is 14.3. The molecule has 0 aromatic heterocycles. The molecule has 5 aliphatic rings. The lowest BCUT2D eigenvalue weighted by Crippen LogP contribution is -2.74. The molecular formula is C17H28O5. The zero-order chi connectivity index (χ0) is 15.8. The zero-order valence-electron chi connectivity index (χ0n) is 14.3. The van der Waals surface area contributed by atoms with Crippen molar-refractivity contribution in [3.8, 4) is 0 Å². The SMILES string of the molecule is CO[C@@H]1O[C@@H]2O[C@@]3(C)CC[C@H]4[C@H](C)CC[C@@](C)([C@H]1C)[C@@]24OO3. The number of hydrogen-bond acceptors (Lipinski definition) is 5. The number of hydrogen-bond donors (Lipinski definition) is 0. The molecule has 5 heteroatoms. The Morgan fingerprint density at radius 1 is 1.05 bits per heavy atom. The van der Waals surface area contributed by atoms with Gasteiger partial charge in [-0.1, -0.05) is 20.8 Å². The van der Waals surface area contributed by atoms with E-state index in [1.165, 1.54) is 6.42 Å². The van der Waals surface area contributed by atoms with Gasteiger partial charge in [0.25, 0.3) is 0 Å². The van der Waals surface area contributed by atoms with Gasteiger partial charge in [0.05, 0.1) is 0 Å². The minimum Gasteiger partial charge on any atom is -0.355 e. The van der Waals surface area contributed by atoms with Crippen LogP contribution in [0.5, 0.6) is 0 Å². The van der Waals surface area contributed by atoms with Gasteiger partial charge in [-0.2, -0.15) is 0 Å². The average molecular weight is 312 g/mol. The minimum absolute atomic E-state index is 0.0839. The van der Waals surface area contributed by atoms with Gasteiger partial charge in [-0.05, 0) is 38.0 Å². The molecule has 5 fully saturated rings. The van der Waals surface area contributed by atoms with Crippen molar-refractivity contribution in [3.63, 3.8) is 0 Å². The van der Waals surface area contributed by atoms with Crippen LogP contribution in [0.2, 0.25) is 0 Å². The first-order valence-corrected chi connectivity index (χ1v) is 8.59. The van der Waals surface area contributed by atoms with E-state index in [9.17, 15) is 0 Å². The Labute approximate surface area is 132 Å². The highest BCUT2D eigenvalue weighted by Crippen LogP contribution is 2.66. The first kappa shape index (κ1) is 15.3. The van der Waals surface area contributed by atoms with Crippen LogP contribution < -0.4 is 0 Å². The highest BCUT2D eigenvalue weighted by Gasteiger charge is 2.74. The molecule has 8 atom stereocenters. The standard InChI is InChI=1S/C17H28O5/c1-10-6-8-15(3)11(2)13(18-5)19-14-17(15)12(10)7-9-16(4,20-14)21-22-17/h10-14H,6-9H2,1-5H3/t10-,11+,12+,13-,14-,15+,16-,17+/m1/s1. The monoisotopic (exact) mass is 312 g/mol. The minimum atomic E-state index is -0.716. The Morgan fingerprint density at radius 2 is 1.82 bits per heavy atom. The fourth-order valence-corrected chi connectivity index (χ4v) is 5.43. The quantitative estimate of drug-likeness (QED) is 0.696. The fraction of sp³-hybridized carbons (Fsp3) is 1.00. The smallest absolute Gasteiger partial charge is 0.201 e. The molecule has 0 unspecified atom stereocenters. The molecule has 0 aromatic carbocycles. The Morgan fingerprint density at radius 3 is 2.55 bits per heavy atom. The van der Waals surface area contributed by atoms with E-state index in [0.717, 1.165) is 19.3 Å². The molecule has 1 saturated carbocycles. The average Bonchev–Trinajstić information content (AvgIpc) is 2.73. The molecular weight excluding hydrogens is 284 g/mol. The van der Waals surface area contributed by atoms with Crippen molar-refractivity contribution in [2.24, 2.45) is 23.2 Å². The lowest BCUT2D eigenvalue weighted by Gasteiger charge is -2.65. The summed E-state index contributed by atoms with van der Waals surface area (Å²) in [6, 6.07) is 0. The maximum Gasteiger partial charge on any atom is 0.201 e. The van der Waals surface area contributed by atoms with Crippen LogP contribution in [0, 0.1) is 23.2 Å². The van der Waals surface area contributed by atoms with Crippen molar-refractivity contribution in [1.82, 2.24) is 0 Å². The lowest BCUT2D eigenvalue weighted by atomic mass is 9.50. The highest BCUT2D eigenvalue weighted by atomic mass is 17.3. The summed E-state index contributed by atoms with van der Waals surface area (Å²) < 4.78 is 18.1. The van der Waals surface area contributed by atoms with Crippen LogP contribution in [0.4, 0.5) is 0 Å². The van der Waals surface area contributed by atoms with Gasteiger partial charge in [0.15, 0.2) is 18.2 Å². The molecule has 0 aromatic rings. The van der Waals surface area contributed by atoms with E-state index in [1.807, 2.05) is 6.92 Å². The van der Waals surface area contributed by atoms with Crippen molar-refractivity contribution in [2.45, 2.75) is 77.3 Å². The summed E-state index contributed by atoms with van der Waals surface area (Å²) in [4.78, 5) is 12.0. The van der Waals surface area contributed by atoms with Crippen molar-refractivity contribution in [3.05, 3.63) is 0 Å². The van der Waals surface area contributed by atoms with E-state index in [1.54, 1.807) is 7.11 Å². The van der Waals surface area contributed by atoms with Gasteiger partial charge in [-0.25, -0.2) is 9.78 Å². The number of fused-ring (bicyclic) bond motifs is 2. The number of ether oxygens (including phenoxy) is 3. The summed E-state index contributed by atoms with van der Waals surface area (Å²) in [5.74, 6) is 0.476. The third-order valence-electron chi connectivity index (χ3n) is 7.12. The van der Waals surface area contributed by atoms with Gasteiger partial charge in [0.2, 0.25) is 5.79 Å². The number of rotatable bonds is 1. The second-order valence-electron chi connectivity index (χ2n) is 8.15. The summed E-state index contributed by atoms with van der Waals surface area (Å²) >= 11 is 0. The Hall–Kier alpha value is -0.200. The molecule has 1 spiro atoms. The van der Waals surface area contributed by atoms with Gasteiger partial charge in [0.1, 0.15) is 0 Å². The van der Waals surface area contributed by atoms with E-state index in [4.69, 9.17) is 24.0 Å². The molecule has 4 heterocycles. The second kappa shape index (κ2) is 4.67. The van der Waals surface area contributed by atoms with Crippen molar-refractivity contribution in [2.75, 3.05) is 7.11 Å². The summed E-state index contributed by atoms with van der Waals surface area (Å²) in [5, 5.41) is 0. The maximum atomic E-state index is 6.27. The third kappa shape index (κ3) is 1.67. The van der Waals surface area contributed by atoms with Gasteiger partial charge in [-0.15, -0.1) is 0 Å². The van der Waals surface area contributed by atoms with Crippen LogP contribution in [0.25, 0.3) is 0 Å². The van der Waals surface area contributed by atoms with E-state index < -0.39 is 17.7 Å². The highest BCUT2D eigenvalue weighted by molar-refractivity contribution is 5.14.